The van der Waals surface area contributed by atoms with Crippen molar-refractivity contribution in [1.82, 2.24) is 0 Å². The average Bonchev–Trinajstić information content (AvgIpc) is 2.24. The molecule has 0 aliphatic rings. The van der Waals surface area contributed by atoms with Gasteiger partial charge in [-0.05, 0) is 37.0 Å². The number of carboxylic acids is 1. The molecule has 0 spiro atoms. The van der Waals surface area contributed by atoms with Crippen LogP contribution in [0.2, 0.25) is 0 Å². The van der Waals surface area contributed by atoms with Gasteiger partial charge in [0.15, 0.2) is 0 Å². The van der Waals surface area contributed by atoms with E-state index in [1.165, 1.54) is 12.1 Å². The summed E-state index contributed by atoms with van der Waals surface area (Å²) >= 11 is 0. The minimum Gasteiger partial charge on any atom is -0.481 e. The molecule has 0 heterocycles. The van der Waals surface area contributed by atoms with Crippen LogP contribution in [0.25, 0.3) is 0 Å². The smallest absolute Gasteiger partial charge is 0.446 e. The molecule has 2 N–H and O–H groups in total. The van der Waals surface area contributed by atoms with E-state index in [0.29, 0.717) is 12.8 Å². The number of unbranched alkanes of at least 4 members (excludes halogenated alkanes) is 1. The number of aryl methyl sites for hydroxylation is 1. The largest absolute Gasteiger partial charge is 0.481 e. The molecule has 0 radical (unpaired) electrons. The van der Waals surface area contributed by atoms with E-state index >= 15 is 0 Å². The molecule has 0 atom stereocenters. The molecule has 0 unspecified atom stereocenters. The fraction of sp³-hybridized carbons (Fsp3) is 0.364. The maximum atomic E-state index is 10.4. The predicted octanol–water partition coefficient (Wildman–Crippen LogP) is 1.67. The van der Waals surface area contributed by atoms with Gasteiger partial charge in [0.25, 0.3) is 0 Å². The maximum absolute atomic E-state index is 10.4. The summed E-state index contributed by atoms with van der Waals surface area (Å²) < 4.78 is 33.6. The standard InChI is InChI=1S/C11H14O6S/c12-11(13)4-2-1-3-9-5-7-10(8-6-9)17-18(14,15)16/h5-8H,1-4H2,(H,12,13)(H,14,15,16). The van der Waals surface area contributed by atoms with Crippen molar-refractivity contribution < 1.29 is 27.1 Å². The first-order valence-electron chi connectivity index (χ1n) is 5.34. The van der Waals surface area contributed by atoms with E-state index in [0.717, 1.165) is 12.0 Å². The fourth-order valence-electron chi connectivity index (χ4n) is 1.44. The molecule has 1 aromatic carbocycles. The summed E-state index contributed by atoms with van der Waals surface area (Å²) in [6, 6.07) is 6.20. The molecule has 18 heavy (non-hydrogen) atoms. The normalized spacial score (nSPS) is 11.2. The van der Waals surface area contributed by atoms with E-state index in [1.54, 1.807) is 12.1 Å². The van der Waals surface area contributed by atoms with Gasteiger partial charge in [-0.25, -0.2) is 0 Å². The Labute approximate surface area is 105 Å². The molecule has 0 bridgehead atoms. The van der Waals surface area contributed by atoms with Crippen LogP contribution in [-0.4, -0.2) is 24.0 Å². The second-order valence-corrected chi connectivity index (χ2v) is 4.78. The molecule has 7 heteroatoms. The van der Waals surface area contributed by atoms with Gasteiger partial charge in [0.2, 0.25) is 0 Å². The number of carbonyl (C=O) groups is 1. The van der Waals surface area contributed by atoms with Crippen molar-refractivity contribution in [2.75, 3.05) is 0 Å². The first-order chi connectivity index (χ1) is 8.37. The SMILES string of the molecule is O=C(O)CCCCc1ccc(OS(=O)(=O)O)cc1. The van der Waals surface area contributed by atoms with Crippen LogP contribution in [-0.2, 0) is 21.6 Å². The summed E-state index contributed by atoms with van der Waals surface area (Å²) in [4.78, 5) is 10.3. The lowest BCUT2D eigenvalue weighted by atomic mass is 10.1. The van der Waals surface area contributed by atoms with Gasteiger partial charge in [0.1, 0.15) is 5.75 Å². The van der Waals surface area contributed by atoms with Crippen molar-refractivity contribution in [1.29, 1.82) is 0 Å². The maximum Gasteiger partial charge on any atom is 0.446 e. The second kappa shape index (κ2) is 6.36. The van der Waals surface area contributed by atoms with Crippen LogP contribution in [0.4, 0.5) is 0 Å². The van der Waals surface area contributed by atoms with Crippen molar-refractivity contribution >= 4 is 16.4 Å². The Bertz CT molecular complexity index is 491. The van der Waals surface area contributed by atoms with Crippen molar-refractivity contribution in [3.8, 4) is 5.75 Å². The van der Waals surface area contributed by atoms with E-state index in [-0.39, 0.29) is 12.2 Å². The van der Waals surface area contributed by atoms with Crippen molar-refractivity contribution in [2.45, 2.75) is 25.7 Å². The summed E-state index contributed by atoms with van der Waals surface area (Å²) in [6.07, 6.45) is 2.19. The van der Waals surface area contributed by atoms with Crippen LogP contribution in [0.5, 0.6) is 5.75 Å². The summed E-state index contributed by atoms with van der Waals surface area (Å²) in [7, 11) is -4.49. The Morgan fingerprint density at radius 1 is 1.17 bits per heavy atom. The minimum absolute atomic E-state index is 0.0341. The van der Waals surface area contributed by atoms with Crippen molar-refractivity contribution in [3.63, 3.8) is 0 Å². The second-order valence-electron chi connectivity index (χ2n) is 3.76. The third kappa shape index (κ3) is 6.21. The van der Waals surface area contributed by atoms with Gasteiger partial charge < -0.3 is 9.29 Å². The summed E-state index contributed by atoms with van der Waals surface area (Å²) in [5.41, 5.74) is 0.947. The monoisotopic (exact) mass is 274 g/mol. The van der Waals surface area contributed by atoms with Crippen LogP contribution < -0.4 is 4.18 Å². The molecule has 0 amide bonds. The number of hydrogen-bond acceptors (Lipinski definition) is 4. The Balaban J connectivity index is 2.43. The molecule has 0 fully saturated rings. The molecule has 6 nitrogen and oxygen atoms in total. The zero-order chi connectivity index (χ0) is 13.6. The summed E-state index contributed by atoms with van der Waals surface area (Å²) in [5, 5.41) is 8.46. The first kappa shape index (κ1) is 14.5. The van der Waals surface area contributed by atoms with Crippen LogP contribution in [0.1, 0.15) is 24.8 Å². The highest BCUT2D eigenvalue weighted by Crippen LogP contribution is 2.15. The van der Waals surface area contributed by atoms with E-state index in [2.05, 4.69) is 4.18 Å². The van der Waals surface area contributed by atoms with Gasteiger partial charge in [-0.15, -0.1) is 0 Å². The third-order valence-corrected chi connectivity index (χ3v) is 2.63. The molecule has 100 valence electrons. The van der Waals surface area contributed by atoms with Gasteiger partial charge in [-0.2, -0.15) is 8.42 Å². The lowest BCUT2D eigenvalue weighted by Crippen LogP contribution is -2.06. The van der Waals surface area contributed by atoms with Crippen molar-refractivity contribution in [2.24, 2.45) is 0 Å². The molecular formula is C11H14O6S. The minimum atomic E-state index is -4.49. The zero-order valence-corrected chi connectivity index (χ0v) is 10.4. The van der Waals surface area contributed by atoms with Crippen molar-refractivity contribution in [3.05, 3.63) is 29.8 Å². The third-order valence-electron chi connectivity index (χ3n) is 2.23. The molecule has 0 saturated heterocycles. The molecule has 0 aliphatic heterocycles. The van der Waals surface area contributed by atoms with Crippen LogP contribution >= 0.6 is 0 Å². The van der Waals surface area contributed by atoms with Crippen LogP contribution in [0.3, 0.4) is 0 Å². The van der Waals surface area contributed by atoms with Gasteiger partial charge in [0, 0.05) is 6.42 Å². The molecule has 1 rings (SSSR count). The molecule has 0 aromatic heterocycles. The topological polar surface area (TPSA) is 101 Å². The average molecular weight is 274 g/mol. The van der Waals surface area contributed by atoms with Gasteiger partial charge >= 0.3 is 16.4 Å². The number of carboxylic acid groups (broad SMARTS) is 1. The lowest BCUT2D eigenvalue weighted by molar-refractivity contribution is -0.137. The lowest BCUT2D eigenvalue weighted by Gasteiger charge is -2.03. The summed E-state index contributed by atoms with van der Waals surface area (Å²) in [6.45, 7) is 0. The Morgan fingerprint density at radius 3 is 2.28 bits per heavy atom. The van der Waals surface area contributed by atoms with E-state index in [1.807, 2.05) is 0 Å². The number of hydrogen-bond donors (Lipinski definition) is 2. The Hall–Kier alpha value is -1.60. The van der Waals surface area contributed by atoms with E-state index in [4.69, 9.17) is 9.66 Å². The molecular weight excluding hydrogens is 260 g/mol. The highest BCUT2D eigenvalue weighted by atomic mass is 32.3. The van der Waals surface area contributed by atoms with Crippen LogP contribution in [0.15, 0.2) is 24.3 Å². The van der Waals surface area contributed by atoms with Gasteiger partial charge in [-0.3, -0.25) is 9.35 Å². The highest BCUT2D eigenvalue weighted by molar-refractivity contribution is 7.81. The predicted molar refractivity (Wildman–Crippen MR) is 63.8 cm³/mol. The number of benzene rings is 1. The van der Waals surface area contributed by atoms with Crippen LogP contribution in [0, 0.1) is 0 Å². The van der Waals surface area contributed by atoms with E-state index in [9.17, 15) is 13.2 Å². The highest BCUT2D eigenvalue weighted by Gasteiger charge is 2.06. The number of aliphatic carboxylic acids is 1. The fourth-order valence-corrected chi connectivity index (χ4v) is 1.79. The van der Waals surface area contributed by atoms with Gasteiger partial charge in [-0.1, -0.05) is 12.1 Å². The Morgan fingerprint density at radius 2 is 1.78 bits per heavy atom. The number of rotatable bonds is 7. The van der Waals surface area contributed by atoms with Gasteiger partial charge in [0.05, 0.1) is 0 Å². The first-order valence-corrected chi connectivity index (χ1v) is 6.71. The molecule has 0 saturated carbocycles. The quantitative estimate of drug-likeness (QED) is 0.579. The summed E-state index contributed by atoms with van der Waals surface area (Å²) in [5.74, 6) is -0.779. The van der Waals surface area contributed by atoms with E-state index < -0.39 is 16.4 Å². The Kier molecular flexibility index (Phi) is 5.11. The molecule has 0 aliphatic carbocycles. The molecule has 1 aromatic rings. The zero-order valence-electron chi connectivity index (χ0n) is 9.57.